The maximum absolute atomic E-state index is 10.9. The zero-order chi connectivity index (χ0) is 8.27. The third kappa shape index (κ3) is 1.58. The van der Waals surface area contributed by atoms with Gasteiger partial charge < -0.3 is 9.30 Å². The second-order valence-corrected chi connectivity index (χ2v) is 2.21. The first-order valence-corrected chi connectivity index (χ1v) is 3.31. The zero-order valence-electron chi connectivity index (χ0n) is 6.52. The summed E-state index contributed by atoms with van der Waals surface area (Å²) in [5, 5.41) is 0. The van der Waals surface area contributed by atoms with E-state index in [1.165, 1.54) is 7.11 Å². The Hall–Kier alpha value is -1.32. The fourth-order valence-corrected chi connectivity index (χ4v) is 0.791. The monoisotopic (exact) mass is 154 g/mol. The summed E-state index contributed by atoms with van der Waals surface area (Å²) in [4.78, 5) is 14.8. The lowest BCUT2D eigenvalue weighted by molar-refractivity contribution is -0.144. The van der Waals surface area contributed by atoms with Gasteiger partial charge in [-0.3, -0.25) is 0 Å². The highest BCUT2D eigenvalue weighted by atomic mass is 16.5. The highest BCUT2D eigenvalue weighted by Crippen LogP contribution is 2.05. The van der Waals surface area contributed by atoms with E-state index in [-0.39, 0.29) is 12.0 Å². The molecule has 0 amide bonds. The number of rotatable bonds is 2. The third-order valence-corrected chi connectivity index (χ3v) is 1.51. The SMILES string of the molecule is COC(=O)[C@@H](C)n1ccnc1. The predicted octanol–water partition coefficient (Wildman–Crippen LogP) is 0.617. The molecule has 1 heterocycles. The lowest BCUT2D eigenvalue weighted by Gasteiger charge is -2.08. The first kappa shape index (κ1) is 7.78. The van der Waals surface area contributed by atoms with Gasteiger partial charge in [0.1, 0.15) is 6.04 Å². The van der Waals surface area contributed by atoms with Crippen molar-refractivity contribution in [2.75, 3.05) is 7.11 Å². The molecule has 0 aliphatic carbocycles. The van der Waals surface area contributed by atoms with Gasteiger partial charge >= 0.3 is 5.97 Å². The number of methoxy groups -OCH3 is 1. The fourth-order valence-electron chi connectivity index (χ4n) is 0.791. The van der Waals surface area contributed by atoms with Crippen molar-refractivity contribution in [3.8, 4) is 0 Å². The number of nitrogens with zero attached hydrogens (tertiary/aromatic N) is 2. The molecule has 0 unspecified atom stereocenters. The predicted molar refractivity (Wildman–Crippen MR) is 39.0 cm³/mol. The minimum absolute atomic E-state index is 0.261. The molecule has 1 rings (SSSR count). The highest BCUT2D eigenvalue weighted by Gasteiger charge is 2.13. The molecule has 60 valence electrons. The van der Waals surface area contributed by atoms with E-state index in [9.17, 15) is 4.79 Å². The molecule has 0 saturated carbocycles. The van der Waals surface area contributed by atoms with Crippen LogP contribution in [-0.4, -0.2) is 22.6 Å². The molecule has 4 heteroatoms. The van der Waals surface area contributed by atoms with Gasteiger partial charge in [0.15, 0.2) is 0 Å². The van der Waals surface area contributed by atoms with Crippen molar-refractivity contribution < 1.29 is 9.53 Å². The van der Waals surface area contributed by atoms with Gasteiger partial charge in [-0.15, -0.1) is 0 Å². The number of hydrogen-bond donors (Lipinski definition) is 0. The van der Waals surface area contributed by atoms with Gasteiger partial charge in [0.05, 0.1) is 13.4 Å². The van der Waals surface area contributed by atoms with Gasteiger partial charge in [0, 0.05) is 12.4 Å². The average Bonchev–Trinajstić information content (AvgIpc) is 2.53. The lowest BCUT2D eigenvalue weighted by atomic mass is 10.3. The van der Waals surface area contributed by atoms with E-state index in [0.29, 0.717) is 0 Å². The standard InChI is InChI=1S/C7H10N2O2/c1-6(7(10)11-2)9-4-3-8-5-9/h3-6H,1-2H3/t6-/m1/s1. The number of hydrogen-bond acceptors (Lipinski definition) is 3. The Kier molecular flexibility index (Phi) is 2.25. The summed E-state index contributed by atoms with van der Waals surface area (Å²) in [6.45, 7) is 1.76. The van der Waals surface area contributed by atoms with Crippen LogP contribution in [0, 0.1) is 0 Å². The highest BCUT2D eigenvalue weighted by molar-refractivity contribution is 5.73. The average molecular weight is 154 g/mol. The van der Waals surface area contributed by atoms with Crippen LogP contribution in [0.2, 0.25) is 0 Å². The molecular weight excluding hydrogens is 144 g/mol. The molecule has 0 bridgehead atoms. The molecule has 11 heavy (non-hydrogen) atoms. The van der Waals surface area contributed by atoms with E-state index in [0.717, 1.165) is 0 Å². The van der Waals surface area contributed by atoms with E-state index in [1.54, 1.807) is 30.2 Å². The fraction of sp³-hybridized carbons (Fsp3) is 0.429. The molecule has 1 aromatic rings. The molecule has 0 aromatic carbocycles. The van der Waals surface area contributed by atoms with Gasteiger partial charge in [-0.2, -0.15) is 0 Å². The molecule has 0 spiro atoms. The zero-order valence-corrected chi connectivity index (χ0v) is 6.52. The van der Waals surface area contributed by atoms with Gasteiger partial charge in [-0.25, -0.2) is 9.78 Å². The summed E-state index contributed by atoms with van der Waals surface area (Å²) < 4.78 is 6.23. The van der Waals surface area contributed by atoms with Crippen molar-refractivity contribution in [1.82, 2.24) is 9.55 Å². The van der Waals surface area contributed by atoms with Gasteiger partial charge in [0.25, 0.3) is 0 Å². The summed E-state index contributed by atoms with van der Waals surface area (Å²) in [6, 6.07) is -0.289. The van der Waals surface area contributed by atoms with Crippen LogP contribution in [0.5, 0.6) is 0 Å². The quantitative estimate of drug-likeness (QED) is 0.586. The Balaban J connectivity index is 2.70. The van der Waals surface area contributed by atoms with Crippen LogP contribution in [-0.2, 0) is 9.53 Å². The number of aromatic nitrogens is 2. The normalized spacial score (nSPS) is 12.5. The Morgan fingerprint density at radius 2 is 2.45 bits per heavy atom. The Morgan fingerprint density at radius 3 is 2.91 bits per heavy atom. The molecule has 0 aliphatic rings. The van der Waals surface area contributed by atoms with E-state index >= 15 is 0 Å². The maximum Gasteiger partial charge on any atom is 0.328 e. The van der Waals surface area contributed by atoms with E-state index < -0.39 is 0 Å². The molecule has 0 fully saturated rings. The molecule has 1 atom stereocenters. The molecule has 0 N–H and O–H groups in total. The minimum atomic E-state index is -0.289. The first-order chi connectivity index (χ1) is 5.25. The molecule has 0 aliphatic heterocycles. The second kappa shape index (κ2) is 3.18. The molecule has 0 radical (unpaired) electrons. The maximum atomic E-state index is 10.9. The summed E-state index contributed by atoms with van der Waals surface area (Å²) in [5.74, 6) is -0.261. The first-order valence-electron chi connectivity index (χ1n) is 3.31. The smallest absolute Gasteiger partial charge is 0.328 e. The van der Waals surface area contributed by atoms with Gasteiger partial charge in [-0.1, -0.05) is 0 Å². The molecule has 0 saturated heterocycles. The van der Waals surface area contributed by atoms with Gasteiger partial charge in [0.2, 0.25) is 0 Å². The number of ether oxygens (including phenoxy) is 1. The summed E-state index contributed by atoms with van der Waals surface area (Å²) >= 11 is 0. The van der Waals surface area contributed by atoms with E-state index in [4.69, 9.17) is 0 Å². The summed E-state index contributed by atoms with van der Waals surface area (Å²) in [5.41, 5.74) is 0. The lowest BCUT2D eigenvalue weighted by Crippen LogP contribution is -2.16. The van der Waals surface area contributed by atoms with Crippen molar-refractivity contribution in [3.63, 3.8) is 0 Å². The summed E-state index contributed by atoms with van der Waals surface area (Å²) in [6.07, 6.45) is 4.93. The van der Waals surface area contributed by atoms with Crippen LogP contribution in [0.4, 0.5) is 0 Å². The number of esters is 1. The molecule has 4 nitrogen and oxygen atoms in total. The van der Waals surface area contributed by atoms with Crippen LogP contribution in [0.1, 0.15) is 13.0 Å². The van der Waals surface area contributed by atoms with Crippen molar-refractivity contribution in [3.05, 3.63) is 18.7 Å². The Morgan fingerprint density at radius 1 is 1.73 bits per heavy atom. The van der Waals surface area contributed by atoms with Crippen molar-refractivity contribution in [2.45, 2.75) is 13.0 Å². The minimum Gasteiger partial charge on any atom is -0.467 e. The Labute approximate surface area is 64.8 Å². The van der Waals surface area contributed by atoms with E-state index in [1.807, 2.05) is 0 Å². The van der Waals surface area contributed by atoms with Crippen LogP contribution in [0.3, 0.4) is 0 Å². The number of imidazole rings is 1. The third-order valence-electron chi connectivity index (χ3n) is 1.51. The van der Waals surface area contributed by atoms with Crippen molar-refractivity contribution >= 4 is 5.97 Å². The number of carbonyl (C=O) groups excluding carboxylic acids is 1. The topological polar surface area (TPSA) is 44.1 Å². The second-order valence-electron chi connectivity index (χ2n) is 2.21. The summed E-state index contributed by atoms with van der Waals surface area (Å²) in [7, 11) is 1.37. The molecule has 1 aromatic heterocycles. The van der Waals surface area contributed by atoms with Crippen LogP contribution in [0.25, 0.3) is 0 Å². The van der Waals surface area contributed by atoms with Crippen LogP contribution < -0.4 is 0 Å². The van der Waals surface area contributed by atoms with Crippen molar-refractivity contribution in [2.24, 2.45) is 0 Å². The van der Waals surface area contributed by atoms with Crippen LogP contribution >= 0.6 is 0 Å². The largest absolute Gasteiger partial charge is 0.467 e. The Bertz CT molecular complexity index is 231. The van der Waals surface area contributed by atoms with Crippen LogP contribution in [0.15, 0.2) is 18.7 Å². The molecular formula is C7H10N2O2. The number of carbonyl (C=O) groups is 1. The van der Waals surface area contributed by atoms with Crippen molar-refractivity contribution in [1.29, 1.82) is 0 Å². The van der Waals surface area contributed by atoms with Gasteiger partial charge in [-0.05, 0) is 6.92 Å². The van der Waals surface area contributed by atoms with E-state index in [2.05, 4.69) is 9.72 Å².